The van der Waals surface area contributed by atoms with Crippen molar-refractivity contribution in [3.05, 3.63) is 23.3 Å². The van der Waals surface area contributed by atoms with E-state index in [1.807, 2.05) is 6.92 Å². The van der Waals surface area contributed by atoms with Crippen LogP contribution >= 0.6 is 0 Å². The van der Waals surface area contributed by atoms with Gasteiger partial charge in [-0.25, -0.2) is 4.79 Å². The molecule has 5 heteroatoms. The fourth-order valence-corrected chi connectivity index (χ4v) is 6.11. The number of esters is 1. The lowest BCUT2D eigenvalue weighted by atomic mass is 9.86. The summed E-state index contributed by atoms with van der Waals surface area (Å²) in [6.45, 7) is 15.0. The Morgan fingerprint density at radius 2 is 1.57 bits per heavy atom. The third-order valence-electron chi connectivity index (χ3n) is 8.83. The predicted octanol–water partition coefficient (Wildman–Crippen LogP) is 5.80. The van der Waals surface area contributed by atoms with Crippen LogP contribution in [0.1, 0.15) is 90.9 Å². The van der Waals surface area contributed by atoms with Gasteiger partial charge in [-0.1, -0.05) is 57.6 Å². The summed E-state index contributed by atoms with van der Waals surface area (Å²) >= 11 is 0. The maximum absolute atomic E-state index is 12.6. The van der Waals surface area contributed by atoms with E-state index in [1.165, 1.54) is 76.8 Å². The third kappa shape index (κ3) is 8.56. The zero-order valence-corrected chi connectivity index (χ0v) is 22.8. The number of piperazine rings is 1. The summed E-state index contributed by atoms with van der Waals surface area (Å²) in [6, 6.07) is 0. The molecule has 5 nitrogen and oxygen atoms in total. The molecular formula is C30H50N2O3. The van der Waals surface area contributed by atoms with Crippen LogP contribution in [0.2, 0.25) is 0 Å². The fourth-order valence-electron chi connectivity index (χ4n) is 6.11. The van der Waals surface area contributed by atoms with E-state index in [1.54, 1.807) is 0 Å². The van der Waals surface area contributed by atoms with Gasteiger partial charge in [-0.15, -0.1) is 0 Å². The molecule has 0 bridgehead atoms. The maximum Gasteiger partial charge on any atom is 0.333 e. The second kappa shape index (κ2) is 14.3. The highest BCUT2D eigenvalue weighted by molar-refractivity contribution is 5.98. The molecule has 0 aromatic carbocycles. The van der Waals surface area contributed by atoms with Crippen molar-refractivity contribution in [1.82, 2.24) is 9.80 Å². The van der Waals surface area contributed by atoms with Gasteiger partial charge in [0.2, 0.25) is 0 Å². The Hall–Kier alpha value is -1.46. The van der Waals surface area contributed by atoms with E-state index in [9.17, 15) is 9.59 Å². The molecule has 2 aliphatic carbocycles. The number of Topliss-reactive ketones (excluding diaryl/α,β-unsaturated/α-hetero) is 1. The molecular weight excluding hydrogens is 436 g/mol. The van der Waals surface area contributed by atoms with Gasteiger partial charge >= 0.3 is 5.97 Å². The van der Waals surface area contributed by atoms with E-state index in [2.05, 4.69) is 30.4 Å². The molecule has 2 fully saturated rings. The standard InChI is InChI=1S/C30H50N2O3/c1-23-13-14-26(21-28-25(3)29(33)22-27(23)28)24(2)30(34)35-20-12-10-8-6-5-7-9-11-15-32-18-16-31(4)17-19-32/h23,26-27H,2,5-22H2,1,3-4H3/t23-,26+,27-/m0/s1. The third-order valence-corrected chi connectivity index (χ3v) is 8.83. The quantitative estimate of drug-likeness (QED) is 0.187. The van der Waals surface area contributed by atoms with Crippen molar-refractivity contribution < 1.29 is 14.3 Å². The number of ketones is 1. The van der Waals surface area contributed by atoms with Gasteiger partial charge in [0, 0.05) is 38.2 Å². The Morgan fingerprint density at radius 3 is 2.26 bits per heavy atom. The van der Waals surface area contributed by atoms with Crippen molar-refractivity contribution in [3.63, 3.8) is 0 Å². The molecule has 0 radical (unpaired) electrons. The number of allylic oxidation sites excluding steroid dienone is 2. The van der Waals surface area contributed by atoms with Gasteiger partial charge in [0.05, 0.1) is 6.61 Å². The number of carbonyl (C=O) groups is 2. The molecule has 1 aliphatic heterocycles. The molecule has 3 aliphatic rings. The van der Waals surface area contributed by atoms with Crippen LogP contribution in [0.3, 0.4) is 0 Å². The first-order valence-electron chi connectivity index (χ1n) is 14.4. The van der Waals surface area contributed by atoms with Crippen molar-refractivity contribution in [3.8, 4) is 0 Å². The smallest absolute Gasteiger partial charge is 0.333 e. The topological polar surface area (TPSA) is 49.9 Å². The average molecular weight is 487 g/mol. The molecule has 0 unspecified atom stereocenters. The van der Waals surface area contributed by atoms with Gasteiger partial charge in [0.1, 0.15) is 0 Å². The van der Waals surface area contributed by atoms with E-state index in [0.717, 1.165) is 37.7 Å². The number of hydrogen-bond acceptors (Lipinski definition) is 5. The Labute approximate surface area is 214 Å². The molecule has 0 aromatic rings. The molecule has 0 amide bonds. The van der Waals surface area contributed by atoms with Crippen LogP contribution in [-0.4, -0.2) is 67.9 Å². The second-order valence-corrected chi connectivity index (χ2v) is 11.5. The normalized spacial score (nSPS) is 26.0. The van der Waals surface area contributed by atoms with Crippen molar-refractivity contribution in [2.75, 3.05) is 46.4 Å². The van der Waals surface area contributed by atoms with Crippen molar-refractivity contribution >= 4 is 11.8 Å². The summed E-state index contributed by atoms with van der Waals surface area (Å²) in [6.07, 6.45) is 13.4. The highest BCUT2D eigenvalue weighted by Gasteiger charge is 2.38. The minimum Gasteiger partial charge on any atom is -0.462 e. The zero-order valence-electron chi connectivity index (χ0n) is 22.8. The van der Waals surface area contributed by atoms with Gasteiger partial charge in [0.25, 0.3) is 0 Å². The molecule has 35 heavy (non-hydrogen) atoms. The van der Waals surface area contributed by atoms with E-state index in [-0.39, 0.29) is 17.7 Å². The Morgan fingerprint density at radius 1 is 0.943 bits per heavy atom. The highest BCUT2D eigenvalue weighted by Crippen LogP contribution is 2.45. The molecule has 0 aromatic heterocycles. The summed E-state index contributed by atoms with van der Waals surface area (Å²) in [5.41, 5.74) is 2.82. The van der Waals surface area contributed by atoms with Crippen LogP contribution in [0, 0.1) is 17.8 Å². The molecule has 1 heterocycles. The number of fused-ring (bicyclic) bond motifs is 1. The lowest BCUT2D eigenvalue weighted by molar-refractivity contribution is -0.139. The zero-order chi connectivity index (χ0) is 25.2. The maximum atomic E-state index is 12.6. The molecule has 0 spiro atoms. The molecule has 198 valence electrons. The number of unbranched alkanes of at least 4 members (excludes halogenated alkanes) is 7. The predicted molar refractivity (Wildman–Crippen MR) is 143 cm³/mol. The van der Waals surface area contributed by atoms with Gasteiger partial charge in [-0.05, 0) is 75.9 Å². The van der Waals surface area contributed by atoms with E-state index < -0.39 is 0 Å². The van der Waals surface area contributed by atoms with Crippen molar-refractivity contribution in [2.24, 2.45) is 17.8 Å². The first-order valence-corrected chi connectivity index (χ1v) is 14.4. The summed E-state index contributed by atoms with van der Waals surface area (Å²) in [7, 11) is 2.21. The lowest BCUT2D eigenvalue weighted by Crippen LogP contribution is -2.44. The number of rotatable bonds is 13. The fraction of sp³-hybridized carbons (Fsp3) is 0.800. The van der Waals surface area contributed by atoms with Crippen molar-refractivity contribution in [1.29, 1.82) is 0 Å². The molecule has 0 N–H and O–H groups in total. The van der Waals surface area contributed by atoms with Gasteiger partial charge in [0.15, 0.2) is 5.78 Å². The second-order valence-electron chi connectivity index (χ2n) is 11.5. The summed E-state index contributed by atoms with van der Waals surface area (Å²) in [5.74, 6) is 1.04. The van der Waals surface area contributed by atoms with E-state index >= 15 is 0 Å². The van der Waals surface area contributed by atoms with Crippen LogP contribution < -0.4 is 0 Å². The van der Waals surface area contributed by atoms with E-state index in [4.69, 9.17) is 4.74 Å². The van der Waals surface area contributed by atoms with Gasteiger partial charge in [-0.2, -0.15) is 0 Å². The van der Waals surface area contributed by atoms with Crippen molar-refractivity contribution in [2.45, 2.75) is 90.9 Å². The minimum atomic E-state index is -0.232. The Balaban J connectivity index is 1.21. The number of hydrogen-bond donors (Lipinski definition) is 0. The van der Waals surface area contributed by atoms with E-state index in [0.29, 0.717) is 30.4 Å². The highest BCUT2D eigenvalue weighted by atomic mass is 16.5. The SMILES string of the molecule is C=C(C(=O)OCCCCCCCCCCN1CCN(C)CC1)[C@@H]1CC[C@H](C)[C@@H]2CC(=O)C(C)=C2C1. The average Bonchev–Trinajstić information content (AvgIpc) is 3.02. The monoisotopic (exact) mass is 486 g/mol. The van der Waals surface area contributed by atoms with Gasteiger partial charge in [-0.3, -0.25) is 4.79 Å². The molecule has 1 saturated heterocycles. The Kier molecular flexibility index (Phi) is 11.5. The first kappa shape index (κ1) is 28.1. The number of likely N-dealkylation sites (N-methyl/N-ethyl adjacent to an activating group) is 1. The number of nitrogens with zero attached hydrogens (tertiary/aromatic N) is 2. The minimum absolute atomic E-state index is 0.113. The van der Waals surface area contributed by atoms with Crippen LogP contribution in [0.5, 0.6) is 0 Å². The number of carbonyl (C=O) groups excluding carboxylic acids is 2. The molecule has 3 rings (SSSR count). The first-order chi connectivity index (χ1) is 16.9. The van der Waals surface area contributed by atoms with Gasteiger partial charge < -0.3 is 14.5 Å². The summed E-state index contributed by atoms with van der Waals surface area (Å²) < 4.78 is 5.58. The lowest BCUT2D eigenvalue weighted by Gasteiger charge is -2.32. The Bertz CT molecular complexity index is 751. The van der Waals surface area contributed by atoms with Crippen LogP contribution in [0.15, 0.2) is 23.3 Å². The van der Waals surface area contributed by atoms with Crippen LogP contribution in [0.25, 0.3) is 0 Å². The van der Waals surface area contributed by atoms with Crippen LogP contribution in [-0.2, 0) is 14.3 Å². The molecule has 3 atom stereocenters. The molecule has 1 saturated carbocycles. The largest absolute Gasteiger partial charge is 0.462 e. The number of ether oxygens (including phenoxy) is 1. The summed E-state index contributed by atoms with van der Waals surface area (Å²) in [5, 5.41) is 0. The van der Waals surface area contributed by atoms with Crippen LogP contribution in [0.4, 0.5) is 0 Å². The summed E-state index contributed by atoms with van der Waals surface area (Å²) in [4.78, 5) is 29.9.